The van der Waals surface area contributed by atoms with Crippen LogP contribution in [0.3, 0.4) is 0 Å². The number of aromatic nitrogens is 5. The van der Waals surface area contributed by atoms with Gasteiger partial charge >= 0.3 is 0 Å². The maximum absolute atomic E-state index is 5.87. The minimum atomic E-state index is 0.624. The highest BCUT2D eigenvalue weighted by molar-refractivity contribution is 5.57. The van der Waals surface area contributed by atoms with Crippen molar-refractivity contribution in [3.05, 3.63) is 49.3 Å². The summed E-state index contributed by atoms with van der Waals surface area (Å²) in [4.78, 5) is 12.2. The van der Waals surface area contributed by atoms with Gasteiger partial charge in [-0.25, -0.2) is 4.68 Å². The van der Waals surface area contributed by atoms with Crippen molar-refractivity contribution in [1.29, 1.82) is 0 Å². The third-order valence-electron chi connectivity index (χ3n) is 2.49. The van der Waals surface area contributed by atoms with Crippen molar-refractivity contribution in [2.75, 3.05) is 5.73 Å². The SMILES string of the molecule is Nc1ccncc1-n1ccc(-c2cnccn2)n1. The Kier molecular flexibility index (Phi) is 2.45. The zero-order valence-corrected chi connectivity index (χ0v) is 9.43. The zero-order valence-electron chi connectivity index (χ0n) is 9.43. The highest BCUT2D eigenvalue weighted by Gasteiger charge is 2.06. The Morgan fingerprint density at radius 2 is 1.83 bits per heavy atom. The number of hydrogen-bond acceptors (Lipinski definition) is 5. The first-order valence-corrected chi connectivity index (χ1v) is 5.36. The highest BCUT2D eigenvalue weighted by Crippen LogP contribution is 2.18. The van der Waals surface area contributed by atoms with E-state index >= 15 is 0 Å². The molecule has 0 aromatic carbocycles. The van der Waals surface area contributed by atoms with Crippen LogP contribution in [-0.4, -0.2) is 24.7 Å². The first-order valence-electron chi connectivity index (χ1n) is 5.36. The number of pyridine rings is 1. The number of hydrogen-bond donors (Lipinski definition) is 1. The average molecular weight is 238 g/mol. The van der Waals surface area contributed by atoms with Crippen LogP contribution >= 0.6 is 0 Å². The van der Waals surface area contributed by atoms with Crippen LogP contribution < -0.4 is 5.73 Å². The molecule has 0 aliphatic carbocycles. The monoisotopic (exact) mass is 238 g/mol. The summed E-state index contributed by atoms with van der Waals surface area (Å²) in [5.74, 6) is 0. The summed E-state index contributed by atoms with van der Waals surface area (Å²) in [5, 5.41) is 4.41. The van der Waals surface area contributed by atoms with Crippen LogP contribution in [0.25, 0.3) is 17.1 Å². The Morgan fingerprint density at radius 3 is 2.61 bits per heavy atom. The van der Waals surface area contributed by atoms with E-state index in [0.717, 1.165) is 17.1 Å². The molecule has 3 aromatic heterocycles. The van der Waals surface area contributed by atoms with Crippen LogP contribution in [0.2, 0.25) is 0 Å². The molecule has 3 aromatic rings. The maximum atomic E-state index is 5.87. The second-order valence-corrected chi connectivity index (χ2v) is 3.67. The predicted octanol–water partition coefficient (Wildman–Crippen LogP) is 1.31. The lowest BCUT2D eigenvalue weighted by molar-refractivity contribution is 0.877. The van der Waals surface area contributed by atoms with Crippen LogP contribution in [-0.2, 0) is 0 Å². The van der Waals surface area contributed by atoms with Crippen LogP contribution in [0.5, 0.6) is 0 Å². The molecule has 88 valence electrons. The maximum Gasteiger partial charge on any atom is 0.113 e. The molecule has 0 atom stereocenters. The molecule has 0 aliphatic rings. The fraction of sp³-hybridized carbons (Fsp3) is 0. The van der Waals surface area contributed by atoms with E-state index in [1.807, 2.05) is 12.3 Å². The van der Waals surface area contributed by atoms with E-state index in [4.69, 9.17) is 5.73 Å². The summed E-state index contributed by atoms with van der Waals surface area (Å²) >= 11 is 0. The molecule has 6 nitrogen and oxygen atoms in total. The Morgan fingerprint density at radius 1 is 0.944 bits per heavy atom. The third-order valence-corrected chi connectivity index (χ3v) is 2.49. The number of nitrogen functional groups attached to an aromatic ring is 1. The molecule has 0 fully saturated rings. The molecule has 0 unspecified atom stereocenters. The van der Waals surface area contributed by atoms with Crippen LogP contribution in [0.15, 0.2) is 49.3 Å². The molecule has 0 spiro atoms. The fourth-order valence-electron chi connectivity index (χ4n) is 1.61. The summed E-state index contributed by atoms with van der Waals surface area (Å²) < 4.78 is 1.67. The van der Waals surface area contributed by atoms with Crippen molar-refractivity contribution in [1.82, 2.24) is 24.7 Å². The quantitative estimate of drug-likeness (QED) is 0.727. The zero-order chi connectivity index (χ0) is 12.4. The van der Waals surface area contributed by atoms with E-state index in [-0.39, 0.29) is 0 Å². The summed E-state index contributed by atoms with van der Waals surface area (Å²) in [6, 6.07) is 3.59. The molecule has 0 saturated heterocycles. The number of nitrogens with zero attached hydrogens (tertiary/aromatic N) is 5. The molecular weight excluding hydrogens is 228 g/mol. The molecule has 2 N–H and O–H groups in total. The Labute approximate surface area is 103 Å². The van der Waals surface area contributed by atoms with Gasteiger partial charge < -0.3 is 5.73 Å². The summed E-state index contributed by atoms with van der Waals surface area (Å²) in [7, 11) is 0. The van der Waals surface area contributed by atoms with E-state index in [1.165, 1.54) is 0 Å². The summed E-state index contributed by atoms with van der Waals surface area (Å²) in [6.45, 7) is 0. The first-order chi connectivity index (χ1) is 8.84. The lowest BCUT2D eigenvalue weighted by Crippen LogP contribution is -2.01. The van der Waals surface area contributed by atoms with Crippen LogP contribution in [0.4, 0.5) is 5.69 Å². The molecular formula is C12H10N6. The van der Waals surface area contributed by atoms with E-state index in [1.54, 1.807) is 41.7 Å². The van der Waals surface area contributed by atoms with Gasteiger partial charge in [0, 0.05) is 24.8 Å². The molecule has 6 heteroatoms. The van der Waals surface area contributed by atoms with Gasteiger partial charge in [0.05, 0.1) is 18.1 Å². The normalized spacial score (nSPS) is 10.4. The minimum absolute atomic E-state index is 0.624. The predicted molar refractivity (Wildman–Crippen MR) is 66.8 cm³/mol. The van der Waals surface area contributed by atoms with E-state index in [0.29, 0.717) is 5.69 Å². The smallest absolute Gasteiger partial charge is 0.113 e. The van der Waals surface area contributed by atoms with Crippen molar-refractivity contribution in [2.24, 2.45) is 0 Å². The molecule has 0 aliphatic heterocycles. The highest BCUT2D eigenvalue weighted by atomic mass is 15.3. The van der Waals surface area contributed by atoms with E-state index in [9.17, 15) is 0 Å². The van der Waals surface area contributed by atoms with Gasteiger partial charge in [0.25, 0.3) is 0 Å². The van der Waals surface area contributed by atoms with Gasteiger partial charge in [-0.05, 0) is 12.1 Å². The average Bonchev–Trinajstić information content (AvgIpc) is 2.90. The summed E-state index contributed by atoms with van der Waals surface area (Å²) in [6.07, 6.45) is 10.1. The number of rotatable bonds is 2. The van der Waals surface area contributed by atoms with Crippen LogP contribution in [0.1, 0.15) is 0 Å². The Bertz CT molecular complexity index is 661. The lowest BCUT2D eigenvalue weighted by atomic mass is 10.3. The van der Waals surface area contributed by atoms with Crippen LogP contribution in [0, 0.1) is 0 Å². The van der Waals surface area contributed by atoms with Crippen molar-refractivity contribution in [2.45, 2.75) is 0 Å². The second-order valence-electron chi connectivity index (χ2n) is 3.67. The Balaban J connectivity index is 2.03. The van der Waals surface area contributed by atoms with Gasteiger partial charge in [-0.1, -0.05) is 0 Å². The lowest BCUT2D eigenvalue weighted by Gasteiger charge is -2.03. The van der Waals surface area contributed by atoms with Gasteiger partial charge in [-0.15, -0.1) is 0 Å². The van der Waals surface area contributed by atoms with Crippen molar-refractivity contribution >= 4 is 5.69 Å². The molecule has 0 amide bonds. The molecule has 3 heterocycles. The number of anilines is 1. The van der Waals surface area contributed by atoms with Gasteiger partial charge in [-0.2, -0.15) is 5.10 Å². The topological polar surface area (TPSA) is 82.5 Å². The standard InChI is InChI=1S/C12H10N6/c13-9-1-3-14-8-12(9)18-6-2-10(17-18)11-7-15-4-5-16-11/h1-8H,(H2,13,14). The molecule has 3 rings (SSSR count). The fourth-order valence-corrected chi connectivity index (χ4v) is 1.61. The van der Waals surface area contributed by atoms with Gasteiger partial charge in [-0.3, -0.25) is 15.0 Å². The van der Waals surface area contributed by atoms with Gasteiger partial charge in [0.2, 0.25) is 0 Å². The third kappa shape index (κ3) is 1.80. The van der Waals surface area contributed by atoms with Gasteiger partial charge in [0.15, 0.2) is 0 Å². The Hall–Kier alpha value is -2.76. The van der Waals surface area contributed by atoms with Gasteiger partial charge in [0.1, 0.15) is 17.1 Å². The molecule has 0 saturated carbocycles. The second kappa shape index (κ2) is 4.25. The molecule has 0 bridgehead atoms. The summed E-state index contributed by atoms with van der Waals surface area (Å²) in [5.41, 5.74) is 8.70. The molecule has 18 heavy (non-hydrogen) atoms. The van der Waals surface area contributed by atoms with Crippen molar-refractivity contribution in [3.63, 3.8) is 0 Å². The number of nitrogens with two attached hydrogens (primary N) is 1. The molecule has 0 radical (unpaired) electrons. The van der Waals surface area contributed by atoms with Crippen molar-refractivity contribution < 1.29 is 0 Å². The van der Waals surface area contributed by atoms with E-state index in [2.05, 4.69) is 20.1 Å². The minimum Gasteiger partial charge on any atom is -0.397 e. The largest absolute Gasteiger partial charge is 0.397 e. The first kappa shape index (κ1) is 10.4. The van der Waals surface area contributed by atoms with Crippen molar-refractivity contribution in [3.8, 4) is 17.1 Å². The van der Waals surface area contributed by atoms with E-state index < -0.39 is 0 Å².